The first-order valence-electron chi connectivity index (χ1n) is 8.19. The van der Waals surface area contributed by atoms with Crippen LogP contribution in [-0.4, -0.2) is 35.3 Å². The first-order chi connectivity index (χ1) is 11.9. The highest BCUT2D eigenvalue weighted by Gasteiger charge is 2.29. The van der Waals surface area contributed by atoms with Crippen molar-refractivity contribution in [1.82, 2.24) is 4.90 Å². The monoisotopic (exact) mass is 367 g/mol. The normalized spacial score (nSPS) is 21.3. The minimum atomic E-state index is -0.729. The SMILES string of the molecule is Cc1cc(Cl)ccc1CN1CC[C@@H](Oc2cc(F)cc(F)c2)[C@H](O)C1. The van der Waals surface area contributed by atoms with Crippen molar-refractivity contribution in [3.63, 3.8) is 0 Å². The minimum absolute atomic E-state index is 0.101. The van der Waals surface area contributed by atoms with Crippen LogP contribution in [0.1, 0.15) is 17.5 Å². The third-order valence-electron chi connectivity index (χ3n) is 4.43. The first-order valence-corrected chi connectivity index (χ1v) is 8.57. The summed E-state index contributed by atoms with van der Waals surface area (Å²) in [6, 6.07) is 8.80. The summed E-state index contributed by atoms with van der Waals surface area (Å²) in [5, 5.41) is 11.1. The number of piperidine rings is 1. The maximum absolute atomic E-state index is 13.2. The molecule has 2 atom stereocenters. The van der Waals surface area contributed by atoms with Crippen molar-refractivity contribution >= 4 is 11.6 Å². The average Bonchev–Trinajstić information content (AvgIpc) is 2.52. The molecule has 0 spiro atoms. The Morgan fingerprint density at radius 3 is 2.56 bits per heavy atom. The number of aliphatic hydroxyl groups excluding tert-OH is 1. The molecule has 1 saturated heterocycles. The lowest BCUT2D eigenvalue weighted by atomic mass is 10.0. The van der Waals surface area contributed by atoms with Crippen molar-refractivity contribution < 1.29 is 18.6 Å². The first kappa shape index (κ1) is 18.1. The lowest BCUT2D eigenvalue weighted by Gasteiger charge is -2.36. The Morgan fingerprint density at radius 1 is 1.20 bits per heavy atom. The molecule has 0 saturated carbocycles. The number of aryl methyl sites for hydroxylation is 1. The van der Waals surface area contributed by atoms with Gasteiger partial charge in [-0.05, 0) is 36.6 Å². The van der Waals surface area contributed by atoms with E-state index in [1.807, 2.05) is 25.1 Å². The lowest BCUT2D eigenvalue weighted by Crippen LogP contribution is -2.48. The number of rotatable bonds is 4. The number of nitrogens with zero attached hydrogens (tertiary/aromatic N) is 1. The zero-order valence-corrected chi connectivity index (χ0v) is 14.6. The molecular formula is C19H20ClF2NO2. The van der Waals surface area contributed by atoms with Crippen molar-refractivity contribution in [2.45, 2.75) is 32.1 Å². The van der Waals surface area contributed by atoms with Crippen LogP contribution in [0.4, 0.5) is 8.78 Å². The summed E-state index contributed by atoms with van der Waals surface area (Å²) in [5.41, 5.74) is 2.26. The van der Waals surface area contributed by atoms with E-state index in [2.05, 4.69) is 4.90 Å². The number of aliphatic hydroxyl groups is 1. The molecule has 1 fully saturated rings. The fourth-order valence-corrected chi connectivity index (χ4v) is 3.33. The predicted octanol–water partition coefficient (Wildman–Crippen LogP) is 3.94. The van der Waals surface area contributed by atoms with Crippen LogP contribution in [0.25, 0.3) is 0 Å². The van der Waals surface area contributed by atoms with Gasteiger partial charge in [-0.3, -0.25) is 4.90 Å². The summed E-state index contributed by atoms with van der Waals surface area (Å²) in [4.78, 5) is 2.13. The quantitative estimate of drug-likeness (QED) is 0.888. The molecule has 6 heteroatoms. The molecule has 134 valence electrons. The third kappa shape index (κ3) is 4.69. The zero-order chi connectivity index (χ0) is 18.0. The van der Waals surface area contributed by atoms with Crippen molar-refractivity contribution in [2.75, 3.05) is 13.1 Å². The number of likely N-dealkylation sites (tertiary alicyclic amines) is 1. The Labute approximate surface area is 150 Å². The number of hydrogen-bond donors (Lipinski definition) is 1. The minimum Gasteiger partial charge on any atom is -0.487 e. The van der Waals surface area contributed by atoms with E-state index in [1.54, 1.807) is 0 Å². The molecule has 2 aromatic carbocycles. The van der Waals surface area contributed by atoms with Crippen LogP contribution in [0.3, 0.4) is 0 Å². The number of β-amino-alcohol motifs (C(OH)–C–C–N with tert-alkyl or cyclic N) is 1. The summed E-state index contributed by atoms with van der Waals surface area (Å²) in [7, 11) is 0. The molecular weight excluding hydrogens is 348 g/mol. The van der Waals surface area contributed by atoms with Gasteiger partial charge in [-0.25, -0.2) is 8.78 Å². The molecule has 25 heavy (non-hydrogen) atoms. The van der Waals surface area contributed by atoms with Gasteiger partial charge in [0.2, 0.25) is 0 Å². The highest BCUT2D eigenvalue weighted by molar-refractivity contribution is 6.30. The van der Waals surface area contributed by atoms with E-state index in [0.717, 1.165) is 35.9 Å². The second-order valence-electron chi connectivity index (χ2n) is 6.42. The molecule has 1 aliphatic rings. The molecule has 1 aliphatic heterocycles. The lowest BCUT2D eigenvalue weighted by molar-refractivity contribution is -0.0277. The Balaban J connectivity index is 1.60. The van der Waals surface area contributed by atoms with Gasteiger partial charge in [0.05, 0.1) is 0 Å². The Morgan fingerprint density at radius 2 is 1.92 bits per heavy atom. The van der Waals surface area contributed by atoms with Gasteiger partial charge in [0.25, 0.3) is 0 Å². The van der Waals surface area contributed by atoms with Crippen LogP contribution in [0.15, 0.2) is 36.4 Å². The molecule has 0 radical (unpaired) electrons. The van der Waals surface area contributed by atoms with E-state index >= 15 is 0 Å². The van der Waals surface area contributed by atoms with Crippen LogP contribution >= 0.6 is 11.6 Å². The number of ether oxygens (including phenoxy) is 1. The molecule has 0 bridgehead atoms. The maximum Gasteiger partial charge on any atom is 0.129 e. The van der Waals surface area contributed by atoms with Crippen molar-refractivity contribution in [3.05, 3.63) is 64.2 Å². The van der Waals surface area contributed by atoms with E-state index in [4.69, 9.17) is 16.3 Å². The van der Waals surface area contributed by atoms with E-state index in [-0.39, 0.29) is 5.75 Å². The van der Waals surface area contributed by atoms with Crippen LogP contribution in [0.5, 0.6) is 5.75 Å². The Kier molecular flexibility index (Phi) is 5.57. The van der Waals surface area contributed by atoms with Gasteiger partial charge < -0.3 is 9.84 Å². The molecule has 1 N–H and O–H groups in total. The second kappa shape index (κ2) is 7.68. The number of benzene rings is 2. The smallest absolute Gasteiger partial charge is 0.129 e. The van der Waals surface area contributed by atoms with Gasteiger partial charge in [0, 0.05) is 42.9 Å². The van der Waals surface area contributed by atoms with E-state index in [1.165, 1.54) is 0 Å². The number of halogens is 3. The summed E-state index contributed by atoms with van der Waals surface area (Å²) in [6.07, 6.45) is -0.636. The van der Waals surface area contributed by atoms with Crippen LogP contribution in [0, 0.1) is 18.6 Å². The molecule has 1 heterocycles. The van der Waals surface area contributed by atoms with E-state index in [9.17, 15) is 13.9 Å². The number of hydrogen-bond acceptors (Lipinski definition) is 3. The van der Waals surface area contributed by atoms with Crippen LogP contribution < -0.4 is 4.74 Å². The van der Waals surface area contributed by atoms with Gasteiger partial charge >= 0.3 is 0 Å². The topological polar surface area (TPSA) is 32.7 Å². The molecule has 3 nitrogen and oxygen atoms in total. The molecule has 3 rings (SSSR count). The van der Waals surface area contributed by atoms with Crippen LogP contribution in [-0.2, 0) is 6.54 Å². The molecule has 0 aromatic heterocycles. The summed E-state index contributed by atoms with van der Waals surface area (Å²) in [6.45, 7) is 3.87. The van der Waals surface area contributed by atoms with Gasteiger partial charge in [-0.1, -0.05) is 17.7 Å². The molecule has 0 aliphatic carbocycles. The zero-order valence-electron chi connectivity index (χ0n) is 13.9. The van der Waals surface area contributed by atoms with Gasteiger partial charge in [0.15, 0.2) is 0 Å². The van der Waals surface area contributed by atoms with Crippen molar-refractivity contribution in [3.8, 4) is 5.75 Å². The fourth-order valence-electron chi connectivity index (χ4n) is 3.11. The highest BCUT2D eigenvalue weighted by atomic mass is 35.5. The summed E-state index contributed by atoms with van der Waals surface area (Å²) in [5.74, 6) is -1.29. The highest BCUT2D eigenvalue weighted by Crippen LogP contribution is 2.23. The maximum atomic E-state index is 13.2. The summed E-state index contributed by atoms with van der Waals surface area (Å²) >= 11 is 5.98. The predicted molar refractivity (Wildman–Crippen MR) is 92.9 cm³/mol. The molecule has 0 amide bonds. The van der Waals surface area contributed by atoms with Crippen molar-refractivity contribution in [2.24, 2.45) is 0 Å². The molecule has 2 aromatic rings. The van der Waals surface area contributed by atoms with Crippen molar-refractivity contribution in [1.29, 1.82) is 0 Å². The van der Waals surface area contributed by atoms with E-state index < -0.39 is 23.8 Å². The standard InChI is InChI=1S/C19H20ClF2NO2/c1-12-6-14(20)3-2-13(12)10-23-5-4-19(18(24)11-23)25-17-8-15(21)7-16(22)9-17/h2-3,6-9,18-19,24H,4-5,10-11H2,1H3/t18-,19-/m1/s1. The third-order valence-corrected chi connectivity index (χ3v) is 4.66. The summed E-state index contributed by atoms with van der Waals surface area (Å²) < 4.78 is 32.1. The van der Waals surface area contributed by atoms with Gasteiger partial charge in [0.1, 0.15) is 29.6 Å². The van der Waals surface area contributed by atoms with Gasteiger partial charge in [-0.15, -0.1) is 0 Å². The Hall–Kier alpha value is -1.69. The van der Waals surface area contributed by atoms with E-state index in [0.29, 0.717) is 24.5 Å². The largest absolute Gasteiger partial charge is 0.487 e. The Bertz CT molecular complexity index is 736. The van der Waals surface area contributed by atoms with Gasteiger partial charge in [-0.2, -0.15) is 0 Å². The fraction of sp³-hybridized carbons (Fsp3) is 0.368. The van der Waals surface area contributed by atoms with Crippen LogP contribution in [0.2, 0.25) is 5.02 Å². The average molecular weight is 368 g/mol. The second-order valence-corrected chi connectivity index (χ2v) is 6.86. The molecule has 0 unspecified atom stereocenters.